The molecule has 0 aliphatic heterocycles. The Labute approximate surface area is 113 Å². The Morgan fingerprint density at radius 1 is 1.00 bits per heavy atom. The van der Waals surface area contributed by atoms with Crippen molar-refractivity contribution >= 4 is 0 Å². The molecule has 3 rings (SSSR count). The summed E-state index contributed by atoms with van der Waals surface area (Å²) in [5.74, 6) is 0.752. The van der Waals surface area contributed by atoms with E-state index >= 15 is 0 Å². The maximum Gasteiger partial charge on any atom is 0.125 e. The van der Waals surface area contributed by atoms with Crippen LogP contribution in [0.1, 0.15) is 29.5 Å². The van der Waals surface area contributed by atoms with Crippen molar-refractivity contribution in [1.29, 1.82) is 0 Å². The standard InChI is InChI=1S/C17H18O2/c1-19-16-11-5-4-10-15(16)17(18)12-6-8-13-7-2-3-9-14(13)17/h2-5,7,9-11,18H,6,8,12H2,1H3. The number of aryl methyl sites for hydroxylation is 1. The molecule has 1 aliphatic carbocycles. The SMILES string of the molecule is COc1ccccc1C1(O)CCCc2ccccc21. The van der Waals surface area contributed by atoms with Crippen LogP contribution in [0.15, 0.2) is 48.5 Å². The van der Waals surface area contributed by atoms with Crippen molar-refractivity contribution in [1.82, 2.24) is 0 Å². The lowest BCUT2D eigenvalue weighted by molar-refractivity contribution is 0.0590. The van der Waals surface area contributed by atoms with Crippen LogP contribution in [-0.4, -0.2) is 12.2 Å². The molecule has 0 bridgehead atoms. The zero-order chi connectivity index (χ0) is 13.3. The minimum atomic E-state index is -0.929. The van der Waals surface area contributed by atoms with E-state index in [9.17, 15) is 5.11 Å². The van der Waals surface area contributed by atoms with Gasteiger partial charge in [0.25, 0.3) is 0 Å². The van der Waals surface area contributed by atoms with Crippen LogP contribution >= 0.6 is 0 Å². The molecule has 0 saturated carbocycles. The summed E-state index contributed by atoms with van der Waals surface area (Å²) in [6.45, 7) is 0. The van der Waals surface area contributed by atoms with Gasteiger partial charge in [-0.3, -0.25) is 0 Å². The summed E-state index contributed by atoms with van der Waals surface area (Å²) < 4.78 is 5.42. The van der Waals surface area contributed by atoms with Gasteiger partial charge in [0.2, 0.25) is 0 Å². The third-order valence-corrected chi connectivity index (χ3v) is 4.00. The summed E-state index contributed by atoms with van der Waals surface area (Å²) in [4.78, 5) is 0. The lowest BCUT2D eigenvalue weighted by atomic mass is 9.75. The van der Waals surface area contributed by atoms with E-state index in [0.717, 1.165) is 36.1 Å². The first-order chi connectivity index (χ1) is 9.25. The van der Waals surface area contributed by atoms with Crippen LogP contribution in [0.4, 0.5) is 0 Å². The van der Waals surface area contributed by atoms with Gasteiger partial charge in [0.05, 0.1) is 7.11 Å². The number of rotatable bonds is 2. The maximum absolute atomic E-state index is 11.2. The topological polar surface area (TPSA) is 29.5 Å². The number of ether oxygens (including phenoxy) is 1. The molecular formula is C17H18O2. The molecule has 2 heteroatoms. The normalized spacial score (nSPS) is 21.8. The second-order valence-corrected chi connectivity index (χ2v) is 5.07. The van der Waals surface area contributed by atoms with Gasteiger partial charge < -0.3 is 9.84 Å². The van der Waals surface area contributed by atoms with E-state index in [1.807, 2.05) is 42.5 Å². The van der Waals surface area contributed by atoms with Crippen LogP contribution < -0.4 is 4.74 Å². The summed E-state index contributed by atoms with van der Waals surface area (Å²) in [6, 6.07) is 15.9. The number of hydrogen-bond donors (Lipinski definition) is 1. The summed E-state index contributed by atoms with van der Waals surface area (Å²) >= 11 is 0. The average molecular weight is 254 g/mol. The Morgan fingerprint density at radius 3 is 2.47 bits per heavy atom. The number of fused-ring (bicyclic) bond motifs is 1. The molecule has 0 fully saturated rings. The monoisotopic (exact) mass is 254 g/mol. The van der Waals surface area contributed by atoms with Gasteiger partial charge in [-0.05, 0) is 36.5 Å². The van der Waals surface area contributed by atoms with Crippen molar-refractivity contribution in [3.05, 3.63) is 65.2 Å². The Hall–Kier alpha value is -1.80. The highest BCUT2D eigenvalue weighted by molar-refractivity contribution is 5.48. The molecule has 0 amide bonds. The third-order valence-electron chi connectivity index (χ3n) is 4.00. The van der Waals surface area contributed by atoms with Crippen LogP contribution in [0.25, 0.3) is 0 Å². The number of aliphatic hydroxyl groups is 1. The quantitative estimate of drug-likeness (QED) is 0.891. The highest BCUT2D eigenvalue weighted by atomic mass is 16.5. The number of para-hydroxylation sites is 1. The van der Waals surface area contributed by atoms with Gasteiger partial charge in [0, 0.05) is 5.56 Å². The van der Waals surface area contributed by atoms with Gasteiger partial charge in [0.1, 0.15) is 11.4 Å². The number of hydrogen-bond acceptors (Lipinski definition) is 2. The van der Waals surface area contributed by atoms with Crippen LogP contribution in [0.2, 0.25) is 0 Å². The Morgan fingerprint density at radius 2 is 1.68 bits per heavy atom. The van der Waals surface area contributed by atoms with Crippen LogP contribution in [-0.2, 0) is 12.0 Å². The maximum atomic E-state index is 11.2. The smallest absolute Gasteiger partial charge is 0.125 e. The summed E-state index contributed by atoms with van der Waals surface area (Å²) in [5, 5.41) is 11.2. The fourth-order valence-corrected chi connectivity index (χ4v) is 3.08. The fourth-order valence-electron chi connectivity index (χ4n) is 3.08. The molecule has 2 nitrogen and oxygen atoms in total. The number of methoxy groups -OCH3 is 1. The average Bonchev–Trinajstić information content (AvgIpc) is 2.48. The lowest BCUT2D eigenvalue weighted by Gasteiger charge is -2.35. The first kappa shape index (κ1) is 12.2. The molecule has 2 aromatic rings. The van der Waals surface area contributed by atoms with E-state index in [0.29, 0.717) is 0 Å². The van der Waals surface area contributed by atoms with Crippen molar-refractivity contribution in [3.63, 3.8) is 0 Å². The van der Waals surface area contributed by atoms with E-state index in [-0.39, 0.29) is 0 Å². The van der Waals surface area contributed by atoms with Gasteiger partial charge in [0.15, 0.2) is 0 Å². The molecule has 1 atom stereocenters. The van der Waals surface area contributed by atoms with Crippen molar-refractivity contribution in [2.45, 2.75) is 24.9 Å². The van der Waals surface area contributed by atoms with E-state index < -0.39 is 5.60 Å². The van der Waals surface area contributed by atoms with Crippen LogP contribution in [0, 0.1) is 0 Å². The first-order valence-corrected chi connectivity index (χ1v) is 6.70. The predicted octanol–water partition coefficient (Wildman–Crippen LogP) is 3.27. The van der Waals surface area contributed by atoms with Gasteiger partial charge in [-0.1, -0.05) is 42.5 Å². The van der Waals surface area contributed by atoms with E-state index in [2.05, 4.69) is 6.07 Å². The van der Waals surface area contributed by atoms with Gasteiger partial charge >= 0.3 is 0 Å². The molecule has 0 spiro atoms. The van der Waals surface area contributed by atoms with Crippen molar-refractivity contribution in [2.24, 2.45) is 0 Å². The molecule has 1 aliphatic rings. The number of benzene rings is 2. The molecule has 0 saturated heterocycles. The largest absolute Gasteiger partial charge is 0.496 e. The molecule has 2 aromatic carbocycles. The van der Waals surface area contributed by atoms with E-state index in [4.69, 9.17) is 4.74 Å². The second kappa shape index (κ2) is 4.71. The van der Waals surface area contributed by atoms with Gasteiger partial charge in [-0.25, -0.2) is 0 Å². The highest BCUT2D eigenvalue weighted by Crippen LogP contribution is 2.43. The van der Waals surface area contributed by atoms with Crippen molar-refractivity contribution < 1.29 is 9.84 Å². The molecular weight excluding hydrogens is 236 g/mol. The lowest BCUT2D eigenvalue weighted by Crippen LogP contribution is -2.32. The first-order valence-electron chi connectivity index (χ1n) is 6.70. The minimum absolute atomic E-state index is 0.740. The summed E-state index contributed by atoms with van der Waals surface area (Å²) in [7, 11) is 1.65. The zero-order valence-electron chi connectivity index (χ0n) is 11.1. The minimum Gasteiger partial charge on any atom is -0.496 e. The Kier molecular flexibility index (Phi) is 3.03. The summed E-state index contributed by atoms with van der Waals surface area (Å²) in [5.41, 5.74) is 2.19. The Bertz CT molecular complexity index is 591. The molecule has 1 unspecified atom stereocenters. The zero-order valence-corrected chi connectivity index (χ0v) is 11.1. The van der Waals surface area contributed by atoms with Crippen molar-refractivity contribution in [3.8, 4) is 5.75 Å². The molecule has 0 radical (unpaired) electrons. The van der Waals surface area contributed by atoms with E-state index in [1.54, 1.807) is 7.11 Å². The molecule has 1 N–H and O–H groups in total. The molecule has 19 heavy (non-hydrogen) atoms. The molecule has 0 heterocycles. The van der Waals surface area contributed by atoms with Crippen molar-refractivity contribution in [2.75, 3.05) is 7.11 Å². The van der Waals surface area contributed by atoms with Gasteiger partial charge in [-0.15, -0.1) is 0 Å². The Balaban J connectivity index is 2.19. The molecule has 98 valence electrons. The van der Waals surface area contributed by atoms with Crippen LogP contribution in [0.3, 0.4) is 0 Å². The fraction of sp³-hybridized carbons (Fsp3) is 0.294. The third kappa shape index (κ3) is 1.92. The highest BCUT2D eigenvalue weighted by Gasteiger charge is 2.37. The van der Waals surface area contributed by atoms with E-state index in [1.165, 1.54) is 5.56 Å². The molecule has 0 aromatic heterocycles. The van der Waals surface area contributed by atoms with Crippen LogP contribution in [0.5, 0.6) is 5.75 Å². The summed E-state index contributed by atoms with van der Waals surface area (Å²) in [6.07, 6.45) is 2.77. The predicted molar refractivity (Wildman–Crippen MR) is 75.4 cm³/mol. The second-order valence-electron chi connectivity index (χ2n) is 5.07. The van der Waals surface area contributed by atoms with Gasteiger partial charge in [-0.2, -0.15) is 0 Å².